The van der Waals surface area contributed by atoms with Crippen LogP contribution in [-0.4, -0.2) is 5.33 Å². The number of halogens is 1. The molecule has 0 bridgehead atoms. The molecule has 46 heavy (non-hydrogen) atoms. The summed E-state index contributed by atoms with van der Waals surface area (Å²) in [6.07, 6.45) is 40.5. The van der Waals surface area contributed by atoms with Crippen LogP contribution in [-0.2, 0) is 0 Å². The van der Waals surface area contributed by atoms with Crippen molar-refractivity contribution in [1.29, 1.82) is 0 Å². The molecule has 0 aromatic rings. The topological polar surface area (TPSA) is 0 Å². The average Bonchev–Trinajstić information content (AvgIpc) is 2.97. The molecule has 0 saturated heterocycles. The largest absolute Gasteiger partial charge is 0.0883 e. The Kier molecular flexibility index (Phi) is 28.1. The minimum atomic E-state index is 0.963. The molecule has 260 valence electrons. The Hall–Kier alpha value is -1.86. The Balaban J connectivity index is 4.21. The number of rotatable bonds is 25. The van der Waals surface area contributed by atoms with E-state index in [0.717, 1.165) is 37.4 Å². The second kappa shape index (κ2) is 29.3. The third-order valence-corrected chi connectivity index (χ3v) is 9.06. The van der Waals surface area contributed by atoms with Crippen LogP contribution in [0.4, 0.5) is 0 Å². The van der Waals surface area contributed by atoms with E-state index in [9.17, 15) is 0 Å². The monoisotopic (exact) mass is 692 g/mol. The molecule has 0 saturated carbocycles. The molecule has 0 unspecified atom stereocenters. The van der Waals surface area contributed by atoms with Gasteiger partial charge in [0.2, 0.25) is 0 Å². The molecule has 0 radical (unpaired) electrons. The summed E-state index contributed by atoms with van der Waals surface area (Å²) in [5, 5.41) is 0.963. The SMILES string of the molecule is CC(C)=CCC/C(C)=C/CC/C(C)=C/CC/C(C)=C/CC/C(C)=C/CC/C(C)=C/CC/C(C)=C/CC/C(C)=C/CC/C(C)=C/CBr. The van der Waals surface area contributed by atoms with Crippen LogP contribution in [0.15, 0.2) is 105 Å². The van der Waals surface area contributed by atoms with Crippen molar-refractivity contribution in [2.24, 2.45) is 0 Å². The van der Waals surface area contributed by atoms with Crippen LogP contribution in [0.3, 0.4) is 0 Å². The van der Waals surface area contributed by atoms with Crippen LogP contribution >= 0.6 is 15.9 Å². The summed E-state index contributed by atoms with van der Waals surface area (Å²) in [6.45, 7) is 22.7. The summed E-state index contributed by atoms with van der Waals surface area (Å²) < 4.78 is 0. The maximum Gasteiger partial charge on any atom is 0.0214 e. The van der Waals surface area contributed by atoms with Gasteiger partial charge in [-0.05, 0) is 172 Å². The number of hydrogen-bond acceptors (Lipinski definition) is 0. The molecular formula is C45H73Br. The molecule has 0 nitrogen and oxygen atoms in total. The van der Waals surface area contributed by atoms with Gasteiger partial charge in [0.05, 0.1) is 0 Å². The molecule has 0 aliphatic rings. The Bertz CT molecular complexity index is 1100. The zero-order valence-corrected chi connectivity index (χ0v) is 33.7. The van der Waals surface area contributed by atoms with Crippen molar-refractivity contribution in [3.05, 3.63) is 105 Å². The van der Waals surface area contributed by atoms with Crippen LogP contribution in [0, 0.1) is 0 Å². The van der Waals surface area contributed by atoms with Gasteiger partial charge in [0.1, 0.15) is 0 Å². The fourth-order valence-corrected chi connectivity index (χ4v) is 5.91. The first-order valence-corrected chi connectivity index (χ1v) is 19.5. The predicted molar refractivity (Wildman–Crippen MR) is 217 cm³/mol. The summed E-state index contributed by atoms with van der Waals surface area (Å²) in [5.41, 5.74) is 13.6. The Morgan fingerprint density at radius 3 is 0.630 bits per heavy atom. The third kappa shape index (κ3) is 29.5. The highest BCUT2D eigenvalue weighted by molar-refractivity contribution is 9.09. The van der Waals surface area contributed by atoms with Gasteiger partial charge in [0, 0.05) is 5.33 Å². The van der Waals surface area contributed by atoms with Gasteiger partial charge in [-0.2, -0.15) is 0 Å². The second-order valence-electron chi connectivity index (χ2n) is 14.1. The summed E-state index contributed by atoms with van der Waals surface area (Å²) in [4.78, 5) is 0. The second-order valence-corrected chi connectivity index (χ2v) is 14.8. The summed E-state index contributed by atoms with van der Waals surface area (Å²) >= 11 is 3.48. The molecule has 0 N–H and O–H groups in total. The van der Waals surface area contributed by atoms with E-state index in [-0.39, 0.29) is 0 Å². The molecule has 0 amide bonds. The van der Waals surface area contributed by atoms with E-state index >= 15 is 0 Å². The van der Waals surface area contributed by atoms with Crippen molar-refractivity contribution >= 4 is 15.9 Å². The van der Waals surface area contributed by atoms with Crippen molar-refractivity contribution in [2.75, 3.05) is 5.33 Å². The quantitative estimate of drug-likeness (QED) is 0.0660. The van der Waals surface area contributed by atoms with Gasteiger partial charge in [0.25, 0.3) is 0 Å². The normalized spacial score (nSPS) is 14.8. The molecule has 0 aliphatic heterocycles. The van der Waals surface area contributed by atoms with E-state index in [4.69, 9.17) is 0 Å². The lowest BCUT2D eigenvalue weighted by molar-refractivity contribution is 0.880. The van der Waals surface area contributed by atoms with E-state index in [0.29, 0.717) is 0 Å². The zero-order chi connectivity index (χ0) is 34.6. The molecule has 0 spiro atoms. The van der Waals surface area contributed by atoms with Crippen LogP contribution in [0.25, 0.3) is 0 Å². The van der Waals surface area contributed by atoms with Gasteiger partial charge in [-0.25, -0.2) is 0 Å². The third-order valence-electron chi connectivity index (χ3n) is 8.74. The maximum absolute atomic E-state index is 3.48. The standard InChI is InChI=1S/C45H73Br/c1-37(2)19-11-20-38(3)21-12-22-39(4)23-13-24-40(5)25-14-26-41(6)27-15-28-42(7)29-16-30-43(8)31-17-32-44(9)33-18-34-45(10)35-36-46/h19,21,23,25,27,29,31,33,35H,11-18,20,22,24,26,28,30,32,34,36H2,1-10H3/b38-21+,39-23+,40-25+,41-27+,42-29+,43-31+,44-33+,45-35+. The Labute approximate surface area is 296 Å². The van der Waals surface area contributed by atoms with E-state index in [1.165, 1.54) is 121 Å². The van der Waals surface area contributed by atoms with Crippen molar-refractivity contribution in [3.8, 4) is 0 Å². The molecule has 1 heteroatoms. The molecule has 0 rings (SSSR count). The number of hydrogen-bond donors (Lipinski definition) is 0. The lowest BCUT2D eigenvalue weighted by Gasteiger charge is -2.04. The van der Waals surface area contributed by atoms with Crippen LogP contribution in [0.5, 0.6) is 0 Å². The Morgan fingerprint density at radius 1 is 0.283 bits per heavy atom. The maximum atomic E-state index is 3.48. The molecule has 0 atom stereocenters. The first-order valence-electron chi connectivity index (χ1n) is 18.4. The lowest BCUT2D eigenvalue weighted by Crippen LogP contribution is -1.84. The molecule has 0 aromatic carbocycles. The fraction of sp³-hybridized carbons (Fsp3) is 0.600. The van der Waals surface area contributed by atoms with E-state index in [1.807, 2.05) is 0 Å². The minimum absolute atomic E-state index is 0.963. The number of allylic oxidation sites excluding steroid dienone is 18. The van der Waals surface area contributed by atoms with Gasteiger partial charge >= 0.3 is 0 Å². The van der Waals surface area contributed by atoms with Crippen molar-refractivity contribution in [3.63, 3.8) is 0 Å². The highest BCUT2D eigenvalue weighted by Gasteiger charge is 1.97. The highest BCUT2D eigenvalue weighted by Crippen LogP contribution is 2.17. The first-order chi connectivity index (χ1) is 21.9. The minimum Gasteiger partial charge on any atom is -0.0883 e. The molecular weight excluding hydrogens is 620 g/mol. The van der Waals surface area contributed by atoms with E-state index in [2.05, 4.69) is 140 Å². The number of alkyl halides is 1. The van der Waals surface area contributed by atoms with Crippen LogP contribution < -0.4 is 0 Å². The summed E-state index contributed by atoms with van der Waals surface area (Å²) in [7, 11) is 0. The fourth-order valence-electron chi connectivity index (χ4n) is 5.36. The average molecular weight is 694 g/mol. The van der Waals surface area contributed by atoms with Gasteiger partial charge in [-0.3, -0.25) is 0 Å². The highest BCUT2D eigenvalue weighted by atomic mass is 79.9. The predicted octanol–water partition coefficient (Wildman–Crippen LogP) is 16.2. The molecule has 0 fully saturated rings. The lowest BCUT2D eigenvalue weighted by atomic mass is 10.0. The van der Waals surface area contributed by atoms with Gasteiger partial charge < -0.3 is 0 Å². The first kappa shape index (κ1) is 44.1. The smallest absolute Gasteiger partial charge is 0.0214 e. The van der Waals surface area contributed by atoms with Gasteiger partial charge in [0.15, 0.2) is 0 Å². The Morgan fingerprint density at radius 2 is 0.457 bits per heavy atom. The van der Waals surface area contributed by atoms with Crippen LogP contribution in [0.1, 0.15) is 172 Å². The van der Waals surface area contributed by atoms with Crippen molar-refractivity contribution < 1.29 is 0 Å². The van der Waals surface area contributed by atoms with Crippen molar-refractivity contribution in [1.82, 2.24) is 0 Å². The van der Waals surface area contributed by atoms with Gasteiger partial charge in [-0.15, -0.1) is 0 Å². The zero-order valence-electron chi connectivity index (χ0n) is 32.1. The van der Waals surface area contributed by atoms with E-state index < -0.39 is 0 Å². The van der Waals surface area contributed by atoms with E-state index in [1.54, 1.807) is 0 Å². The molecule has 0 heterocycles. The van der Waals surface area contributed by atoms with Crippen molar-refractivity contribution in [2.45, 2.75) is 172 Å². The summed E-state index contributed by atoms with van der Waals surface area (Å²) in [5.74, 6) is 0. The summed E-state index contributed by atoms with van der Waals surface area (Å²) in [6, 6.07) is 0. The molecule has 0 aromatic heterocycles. The molecule has 0 aliphatic carbocycles. The van der Waals surface area contributed by atoms with Crippen LogP contribution in [0.2, 0.25) is 0 Å². The van der Waals surface area contributed by atoms with Gasteiger partial charge in [-0.1, -0.05) is 121 Å².